The first kappa shape index (κ1) is 15.7. The highest BCUT2D eigenvalue weighted by Crippen LogP contribution is 2.27. The fourth-order valence-electron chi connectivity index (χ4n) is 1.96. The van der Waals surface area contributed by atoms with Gasteiger partial charge in [-0.3, -0.25) is 0 Å². The summed E-state index contributed by atoms with van der Waals surface area (Å²) in [4.78, 5) is 7.90. The third-order valence-corrected chi connectivity index (χ3v) is 6.10. The van der Waals surface area contributed by atoms with Crippen LogP contribution in [0, 0.1) is 6.92 Å². The predicted molar refractivity (Wildman–Crippen MR) is 84.3 cm³/mol. The van der Waals surface area contributed by atoms with Crippen LogP contribution >= 0.6 is 11.3 Å². The van der Waals surface area contributed by atoms with Crippen molar-refractivity contribution in [1.82, 2.24) is 10.3 Å². The van der Waals surface area contributed by atoms with Crippen molar-refractivity contribution < 1.29 is 8.42 Å². The number of aryl methyl sites for hydroxylation is 1. The van der Waals surface area contributed by atoms with Crippen LogP contribution in [0.3, 0.4) is 0 Å². The summed E-state index contributed by atoms with van der Waals surface area (Å²) in [6, 6.07) is 0. The molecule has 0 aliphatic carbocycles. The molecular weight excluding hydrogens is 294 g/mol. The molecule has 1 aromatic rings. The molecule has 1 aliphatic rings. The van der Waals surface area contributed by atoms with Crippen molar-refractivity contribution in [3.05, 3.63) is 10.6 Å². The standard InChI is InChI=1S/C13H23N3O2S2/c1-10-11(9-14-13(2,3)4)19-12(15-10)16-5-7-20(17,18)8-6-16/h14H,5-9H2,1-4H3. The summed E-state index contributed by atoms with van der Waals surface area (Å²) < 4.78 is 22.9. The quantitative estimate of drug-likeness (QED) is 0.917. The van der Waals surface area contributed by atoms with Gasteiger partial charge >= 0.3 is 0 Å². The highest BCUT2D eigenvalue weighted by molar-refractivity contribution is 7.91. The summed E-state index contributed by atoms with van der Waals surface area (Å²) in [5.41, 5.74) is 1.12. The minimum absolute atomic E-state index is 0.0792. The molecule has 1 aliphatic heterocycles. The summed E-state index contributed by atoms with van der Waals surface area (Å²) >= 11 is 1.66. The summed E-state index contributed by atoms with van der Waals surface area (Å²) in [5.74, 6) is 0.475. The molecule has 2 heterocycles. The molecule has 1 aromatic heterocycles. The Kier molecular flexibility index (Phi) is 4.41. The molecule has 5 nitrogen and oxygen atoms in total. The van der Waals surface area contributed by atoms with Crippen molar-refractivity contribution in [3.8, 4) is 0 Å². The summed E-state index contributed by atoms with van der Waals surface area (Å²) in [6.45, 7) is 10.3. The lowest BCUT2D eigenvalue weighted by Gasteiger charge is -2.26. The molecule has 0 saturated carbocycles. The second-order valence-corrected chi connectivity index (χ2v) is 9.61. The zero-order valence-corrected chi connectivity index (χ0v) is 14.2. The van der Waals surface area contributed by atoms with E-state index in [4.69, 9.17) is 0 Å². The number of rotatable bonds is 3. The van der Waals surface area contributed by atoms with Gasteiger partial charge < -0.3 is 10.2 Å². The number of hydrogen-bond donors (Lipinski definition) is 1. The predicted octanol–water partition coefficient (Wildman–Crippen LogP) is 1.57. The van der Waals surface area contributed by atoms with E-state index in [1.165, 1.54) is 4.88 Å². The number of hydrogen-bond acceptors (Lipinski definition) is 6. The minimum atomic E-state index is -2.83. The molecular formula is C13H23N3O2S2. The van der Waals surface area contributed by atoms with E-state index in [9.17, 15) is 8.42 Å². The first-order chi connectivity index (χ1) is 9.16. The van der Waals surface area contributed by atoms with Crippen LogP contribution in [0.5, 0.6) is 0 Å². The molecule has 1 fully saturated rings. The largest absolute Gasteiger partial charge is 0.346 e. The average Bonchev–Trinajstić information content (AvgIpc) is 2.67. The van der Waals surface area contributed by atoms with Gasteiger partial charge in [0.1, 0.15) is 0 Å². The van der Waals surface area contributed by atoms with E-state index in [0.29, 0.717) is 13.1 Å². The van der Waals surface area contributed by atoms with E-state index in [1.807, 2.05) is 6.92 Å². The molecule has 1 N–H and O–H groups in total. The first-order valence-corrected chi connectivity index (χ1v) is 9.47. The van der Waals surface area contributed by atoms with Gasteiger partial charge in [-0.05, 0) is 27.7 Å². The third kappa shape index (κ3) is 4.17. The second-order valence-electron chi connectivity index (χ2n) is 6.25. The van der Waals surface area contributed by atoms with Crippen molar-refractivity contribution >= 4 is 26.3 Å². The number of thiazole rings is 1. The van der Waals surface area contributed by atoms with E-state index in [1.54, 1.807) is 11.3 Å². The normalized spacial score (nSPS) is 19.3. The molecule has 0 aromatic carbocycles. The van der Waals surface area contributed by atoms with E-state index >= 15 is 0 Å². The van der Waals surface area contributed by atoms with Crippen LogP contribution in [0.1, 0.15) is 31.3 Å². The molecule has 0 amide bonds. The Bertz CT molecular complexity index is 559. The molecule has 1 saturated heterocycles. The van der Waals surface area contributed by atoms with Crippen LogP contribution in [0.15, 0.2) is 0 Å². The number of nitrogens with zero attached hydrogens (tertiary/aromatic N) is 2. The van der Waals surface area contributed by atoms with E-state index in [-0.39, 0.29) is 17.0 Å². The van der Waals surface area contributed by atoms with Gasteiger partial charge in [0, 0.05) is 30.1 Å². The molecule has 0 atom stereocenters. The Labute approximate surface area is 125 Å². The lowest BCUT2D eigenvalue weighted by molar-refractivity contribution is 0.425. The SMILES string of the molecule is Cc1nc(N2CCS(=O)(=O)CC2)sc1CNC(C)(C)C. The van der Waals surface area contributed by atoms with Crippen LogP contribution in [-0.4, -0.2) is 43.5 Å². The lowest BCUT2D eigenvalue weighted by Crippen LogP contribution is -2.40. The second kappa shape index (κ2) is 5.61. The Morgan fingerprint density at radius 2 is 1.90 bits per heavy atom. The van der Waals surface area contributed by atoms with Crippen molar-refractivity contribution in [2.24, 2.45) is 0 Å². The number of nitrogens with one attached hydrogen (secondary N) is 1. The van der Waals surface area contributed by atoms with Crippen molar-refractivity contribution in [2.45, 2.75) is 39.8 Å². The van der Waals surface area contributed by atoms with Crippen LogP contribution in [-0.2, 0) is 16.4 Å². The number of aromatic nitrogens is 1. The van der Waals surface area contributed by atoms with Gasteiger partial charge in [-0.1, -0.05) is 0 Å². The Morgan fingerprint density at radius 3 is 2.45 bits per heavy atom. The maximum Gasteiger partial charge on any atom is 0.185 e. The first-order valence-electron chi connectivity index (χ1n) is 6.83. The molecule has 0 radical (unpaired) electrons. The fourth-order valence-corrected chi connectivity index (χ4v) is 4.21. The summed E-state index contributed by atoms with van der Waals surface area (Å²) in [5, 5.41) is 4.41. The molecule has 114 valence electrons. The minimum Gasteiger partial charge on any atom is -0.346 e. The smallest absolute Gasteiger partial charge is 0.185 e. The van der Waals surface area contributed by atoms with Crippen molar-refractivity contribution in [3.63, 3.8) is 0 Å². The topological polar surface area (TPSA) is 62.3 Å². The highest BCUT2D eigenvalue weighted by atomic mass is 32.2. The highest BCUT2D eigenvalue weighted by Gasteiger charge is 2.24. The maximum atomic E-state index is 11.5. The molecule has 0 bridgehead atoms. The summed E-state index contributed by atoms with van der Waals surface area (Å²) in [7, 11) is -2.83. The van der Waals surface area contributed by atoms with Crippen LogP contribution in [0.4, 0.5) is 5.13 Å². The zero-order valence-electron chi connectivity index (χ0n) is 12.6. The van der Waals surface area contributed by atoms with Crippen molar-refractivity contribution in [2.75, 3.05) is 29.5 Å². The average molecular weight is 317 g/mol. The Hall–Kier alpha value is -0.660. The number of sulfone groups is 1. The Morgan fingerprint density at radius 1 is 1.30 bits per heavy atom. The molecule has 0 spiro atoms. The zero-order chi connectivity index (χ0) is 15.0. The van der Waals surface area contributed by atoms with Gasteiger partial charge in [-0.15, -0.1) is 11.3 Å². The van der Waals surface area contributed by atoms with Gasteiger partial charge in [0.15, 0.2) is 15.0 Å². The molecule has 2 rings (SSSR count). The molecule has 0 unspecified atom stereocenters. The van der Waals surface area contributed by atoms with E-state index < -0.39 is 9.84 Å². The van der Waals surface area contributed by atoms with Crippen LogP contribution in [0.25, 0.3) is 0 Å². The van der Waals surface area contributed by atoms with Gasteiger partial charge in [-0.25, -0.2) is 13.4 Å². The summed E-state index contributed by atoms with van der Waals surface area (Å²) in [6.07, 6.45) is 0. The maximum absolute atomic E-state index is 11.5. The Balaban J connectivity index is 2.04. The fraction of sp³-hybridized carbons (Fsp3) is 0.769. The van der Waals surface area contributed by atoms with Gasteiger partial charge in [-0.2, -0.15) is 0 Å². The van der Waals surface area contributed by atoms with Gasteiger partial charge in [0.25, 0.3) is 0 Å². The van der Waals surface area contributed by atoms with Crippen molar-refractivity contribution in [1.29, 1.82) is 0 Å². The van der Waals surface area contributed by atoms with Crippen LogP contribution in [0.2, 0.25) is 0 Å². The van der Waals surface area contributed by atoms with Crippen LogP contribution < -0.4 is 10.2 Å². The van der Waals surface area contributed by atoms with E-state index in [2.05, 4.69) is 36.0 Å². The molecule has 7 heteroatoms. The third-order valence-electron chi connectivity index (χ3n) is 3.28. The molecule has 20 heavy (non-hydrogen) atoms. The van der Waals surface area contributed by atoms with Gasteiger partial charge in [0.2, 0.25) is 0 Å². The number of anilines is 1. The van der Waals surface area contributed by atoms with Gasteiger partial charge in [0.05, 0.1) is 17.2 Å². The lowest BCUT2D eigenvalue weighted by atomic mass is 10.1. The monoisotopic (exact) mass is 317 g/mol. The van der Waals surface area contributed by atoms with E-state index in [0.717, 1.165) is 17.4 Å².